The van der Waals surface area contributed by atoms with E-state index >= 15 is 0 Å². The van der Waals surface area contributed by atoms with Crippen LogP contribution in [0.2, 0.25) is 0 Å². The van der Waals surface area contributed by atoms with Crippen molar-refractivity contribution in [3.8, 4) is 11.5 Å². The van der Waals surface area contributed by atoms with E-state index in [1.807, 2.05) is 49.4 Å². The number of carboxylic acid groups (broad SMARTS) is 1. The molecule has 3 rings (SSSR count). The molecule has 0 unspecified atom stereocenters. The molecule has 3 aromatic carbocycles. The third-order valence-electron chi connectivity index (χ3n) is 4.27. The number of hydrogen-bond acceptors (Lipinski definition) is 4. The molecule has 0 aromatic heterocycles. The van der Waals surface area contributed by atoms with Crippen molar-refractivity contribution < 1.29 is 19.4 Å². The van der Waals surface area contributed by atoms with Gasteiger partial charge < -0.3 is 19.9 Å². The van der Waals surface area contributed by atoms with Crippen molar-refractivity contribution in [3.63, 3.8) is 0 Å². The molecule has 0 radical (unpaired) electrons. The second-order valence-electron chi connectivity index (χ2n) is 6.35. The summed E-state index contributed by atoms with van der Waals surface area (Å²) in [7, 11) is 0. The van der Waals surface area contributed by atoms with E-state index < -0.39 is 5.97 Å². The highest BCUT2D eigenvalue weighted by Gasteiger charge is 2.07. The second kappa shape index (κ2) is 9.98. The zero-order valence-corrected chi connectivity index (χ0v) is 17.6. The van der Waals surface area contributed by atoms with Gasteiger partial charge in [0.1, 0.15) is 18.1 Å². The van der Waals surface area contributed by atoms with Gasteiger partial charge in [-0.3, -0.25) is 0 Å². The molecule has 0 heterocycles. The van der Waals surface area contributed by atoms with Crippen LogP contribution < -0.4 is 14.8 Å². The minimum absolute atomic E-state index is 0.262. The van der Waals surface area contributed by atoms with E-state index in [9.17, 15) is 4.79 Å². The Balaban J connectivity index is 1.64. The fraction of sp³-hybridized carbons (Fsp3) is 0.174. The third-order valence-corrected chi connectivity index (χ3v) is 4.76. The molecule has 5 nitrogen and oxygen atoms in total. The highest BCUT2D eigenvalue weighted by atomic mass is 79.9. The van der Waals surface area contributed by atoms with E-state index in [-0.39, 0.29) is 5.56 Å². The number of anilines is 1. The zero-order valence-electron chi connectivity index (χ0n) is 16.0. The fourth-order valence-electron chi connectivity index (χ4n) is 2.76. The molecule has 3 aromatic rings. The normalized spacial score (nSPS) is 10.4. The molecule has 2 N–H and O–H groups in total. The summed E-state index contributed by atoms with van der Waals surface area (Å²) < 4.78 is 12.4. The maximum atomic E-state index is 11.0. The molecule has 0 aliphatic rings. The second-order valence-corrected chi connectivity index (χ2v) is 7.27. The van der Waals surface area contributed by atoms with Gasteiger partial charge in [-0.2, -0.15) is 0 Å². The van der Waals surface area contributed by atoms with Crippen LogP contribution in [0.3, 0.4) is 0 Å². The summed E-state index contributed by atoms with van der Waals surface area (Å²) in [5.74, 6) is 0.681. The molecule has 0 spiro atoms. The van der Waals surface area contributed by atoms with E-state index in [1.54, 1.807) is 24.3 Å². The van der Waals surface area contributed by atoms with E-state index in [2.05, 4.69) is 21.2 Å². The lowest BCUT2D eigenvalue weighted by atomic mass is 10.1. The Morgan fingerprint density at radius 3 is 2.38 bits per heavy atom. The van der Waals surface area contributed by atoms with Crippen LogP contribution in [0, 0.1) is 0 Å². The van der Waals surface area contributed by atoms with E-state index in [0.29, 0.717) is 19.8 Å². The largest absolute Gasteiger partial charge is 0.494 e. The van der Waals surface area contributed by atoms with Crippen LogP contribution in [-0.2, 0) is 13.2 Å². The highest BCUT2D eigenvalue weighted by molar-refractivity contribution is 9.10. The lowest BCUT2D eigenvalue weighted by Crippen LogP contribution is -2.04. The van der Waals surface area contributed by atoms with Crippen molar-refractivity contribution in [2.45, 2.75) is 20.1 Å². The summed E-state index contributed by atoms with van der Waals surface area (Å²) >= 11 is 3.51. The summed E-state index contributed by atoms with van der Waals surface area (Å²) in [5, 5.41) is 12.4. The van der Waals surface area contributed by atoms with E-state index in [0.717, 1.165) is 32.8 Å². The van der Waals surface area contributed by atoms with Gasteiger partial charge in [0, 0.05) is 22.3 Å². The monoisotopic (exact) mass is 455 g/mol. The van der Waals surface area contributed by atoms with Gasteiger partial charge in [-0.1, -0.05) is 28.1 Å². The first-order chi connectivity index (χ1) is 14.0. The van der Waals surface area contributed by atoms with Crippen LogP contribution >= 0.6 is 15.9 Å². The number of ether oxygens (including phenoxy) is 2. The van der Waals surface area contributed by atoms with Gasteiger partial charge in [-0.25, -0.2) is 4.79 Å². The molecule has 0 amide bonds. The molecule has 0 saturated heterocycles. The quantitative estimate of drug-likeness (QED) is 0.430. The highest BCUT2D eigenvalue weighted by Crippen LogP contribution is 2.26. The SMILES string of the molecule is CCOc1ccc(NCc2cc(Br)ccc2OCc2ccc(C(=O)O)cc2)cc1. The summed E-state index contributed by atoms with van der Waals surface area (Å²) in [6.45, 7) is 3.56. The molecule has 0 aliphatic heterocycles. The van der Waals surface area contributed by atoms with Crippen LogP contribution in [-0.4, -0.2) is 17.7 Å². The average Bonchev–Trinajstić information content (AvgIpc) is 2.73. The van der Waals surface area contributed by atoms with Crippen molar-refractivity contribution >= 4 is 27.6 Å². The van der Waals surface area contributed by atoms with Crippen molar-refractivity contribution in [1.29, 1.82) is 0 Å². The van der Waals surface area contributed by atoms with E-state index in [4.69, 9.17) is 14.6 Å². The number of hydrogen-bond donors (Lipinski definition) is 2. The first-order valence-electron chi connectivity index (χ1n) is 9.25. The van der Waals surface area contributed by atoms with Gasteiger partial charge in [-0.15, -0.1) is 0 Å². The number of carbonyl (C=O) groups is 1. The zero-order chi connectivity index (χ0) is 20.6. The molecule has 0 bridgehead atoms. The molecule has 6 heteroatoms. The summed E-state index contributed by atoms with van der Waals surface area (Å²) in [6.07, 6.45) is 0. The summed E-state index contributed by atoms with van der Waals surface area (Å²) in [4.78, 5) is 11.0. The minimum Gasteiger partial charge on any atom is -0.494 e. The molecule has 0 fully saturated rings. The van der Waals surface area contributed by atoms with Crippen LogP contribution in [0.4, 0.5) is 5.69 Å². The predicted octanol–water partition coefficient (Wildman–Crippen LogP) is 5.74. The Morgan fingerprint density at radius 2 is 1.72 bits per heavy atom. The first kappa shape index (κ1) is 20.7. The third kappa shape index (κ3) is 5.99. The maximum absolute atomic E-state index is 11.0. The lowest BCUT2D eigenvalue weighted by molar-refractivity contribution is 0.0697. The van der Waals surface area contributed by atoms with Gasteiger partial charge in [-0.05, 0) is 67.1 Å². The Hall–Kier alpha value is -2.99. The summed E-state index contributed by atoms with van der Waals surface area (Å²) in [6, 6.07) is 20.4. The van der Waals surface area contributed by atoms with Gasteiger partial charge in [0.15, 0.2) is 0 Å². The number of benzene rings is 3. The molecular formula is C23H22BrNO4. The van der Waals surface area contributed by atoms with Crippen molar-refractivity contribution in [1.82, 2.24) is 0 Å². The van der Waals surface area contributed by atoms with E-state index in [1.165, 1.54) is 0 Å². The standard InChI is InChI=1S/C23H22BrNO4/c1-2-28-21-10-8-20(9-11-21)25-14-18-13-19(24)7-12-22(18)29-15-16-3-5-17(6-4-16)23(26)27/h3-13,25H,2,14-15H2,1H3,(H,26,27). The summed E-state index contributed by atoms with van der Waals surface area (Å²) in [5.41, 5.74) is 3.17. The predicted molar refractivity (Wildman–Crippen MR) is 117 cm³/mol. The Bertz CT molecular complexity index is 956. The van der Waals surface area contributed by atoms with Gasteiger partial charge in [0.25, 0.3) is 0 Å². The molecular weight excluding hydrogens is 434 g/mol. The van der Waals surface area contributed by atoms with Gasteiger partial charge in [0.2, 0.25) is 0 Å². The lowest BCUT2D eigenvalue weighted by Gasteiger charge is -2.14. The number of carboxylic acids is 1. The molecule has 0 atom stereocenters. The Kier molecular flexibility index (Phi) is 7.14. The number of nitrogens with one attached hydrogen (secondary N) is 1. The average molecular weight is 456 g/mol. The Morgan fingerprint density at radius 1 is 1.00 bits per heavy atom. The Labute approximate surface area is 178 Å². The van der Waals surface area contributed by atoms with Gasteiger partial charge >= 0.3 is 5.97 Å². The topological polar surface area (TPSA) is 67.8 Å². The smallest absolute Gasteiger partial charge is 0.335 e. The number of aromatic carboxylic acids is 1. The van der Waals surface area contributed by atoms with Crippen LogP contribution in [0.1, 0.15) is 28.4 Å². The van der Waals surface area contributed by atoms with Crippen LogP contribution in [0.25, 0.3) is 0 Å². The minimum atomic E-state index is -0.937. The van der Waals surface area contributed by atoms with Crippen molar-refractivity contribution in [3.05, 3.63) is 87.9 Å². The maximum Gasteiger partial charge on any atom is 0.335 e. The van der Waals surface area contributed by atoms with Crippen molar-refractivity contribution in [2.75, 3.05) is 11.9 Å². The number of rotatable bonds is 9. The van der Waals surface area contributed by atoms with Crippen molar-refractivity contribution in [2.24, 2.45) is 0 Å². The van der Waals surface area contributed by atoms with Gasteiger partial charge in [0.05, 0.1) is 12.2 Å². The molecule has 29 heavy (non-hydrogen) atoms. The fourth-order valence-corrected chi connectivity index (χ4v) is 3.17. The molecule has 0 aliphatic carbocycles. The van der Waals surface area contributed by atoms with Crippen LogP contribution in [0.5, 0.6) is 11.5 Å². The molecule has 0 saturated carbocycles. The molecule has 150 valence electrons. The van der Waals surface area contributed by atoms with Crippen LogP contribution in [0.15, 0.2) is 71.2 Å². The first-order valence-corrected chi connectivity index (χ1v) is 10.0. The number of halogens is 1.